The minimum absolute atomic E-state index is 0.114. The number of rotatable bonds is 6. The molecule has 0 bridgehead atoms. The van der Waals surface area contributed by atoms with Crippen molar-refractivity contribution in [3.8, 4) is 0 Å². The molecule has 4 heteroatoms. The highest BCUT2D eigenvalue weighted by Gasteiger charge is 2.13. The van der Waals surface area contributed by atoms with Gasteiger partial charge in [0.25, 0.3) is 0 Å². The number of thiazole rings is 1. The van der Waals surface area contributed by atoms with Crippen molar-refractivity contribution >= 4 is 22.3 Å². The average Bonchev–Trinajstić information content (AvgIpc) is 2.60. The molecule has 1 rings (SSSR count). The predicted molar refractivity (Wildman–Crippen MR) is 69.7 cm³/mol. The Balaban J connectivity index is 2.65. The van der Waals surface area contributed by atoms with Crippen molar-refractivity contribution < 1.29 is 4.79 Å². The predicted octanol–water partition coefficient (Wildman–Crippen LogP) is 3.28. The van der Waals surface area contributed by atoms with Crippen LogP contribution in [0.1, 0.15) is 48.5 Å². The van der Waals surface area contributed by atoms with Gasteiger partial charge in [0.05, 0.1) is 10.6 Å². The number of Topliss-reactive ketones (excluding diaryl/α,β-unsaturated/α-hetero) is 1. The van der Waals surface area contributed by atoms with Crippen molar-refractivity contribution in [1.82, 2.24) is 4.98 Å². The third-order valence-corrected chi connectivity index (χ3v) is 3.90. The maximum Gasteiger partial charge on any atom is 0.185 e. The summed E-state index contributed by atoms with van der Waals surface area (Å²) in [6.45, 7) is 6.71. The molecule has 1 heterocycles. The molecule has 0 saturated heterocycles. The molecule has 16 heavy (non-hydrogen) atoms. The second kappa shape index (κ2) is 5.99. The van der Waals surface area contributed by atoms with Crippen LogP contribution in [0.2, 0.25) is 0 Å². The molecule has 1 aromatic heterocycles. The molecule has 0 unspecified atom stereocenters. The lowest BCUT2D eigenvalue weighted by atomic mass is 10.2. The number of aromatic nitrogens is 1. The van der Waals surface area contributed by atoms with E-state index in [-0.39, 0.29) is 5.78 Å². The van der Waals surface area contributed by atoms with Crippen molar-refractivity contribution in [1.29, 1.82) is 0 Å². The zero-order chi connectivity index (χ0) is 12.1. The van der Waals surface area contributed by atoms with Crippen LogP contribution in [0, 0.1) is 6.92 Å². The van der Waals surface area contributed by atoms with E-state index in [0.29, 0.717) is 0 Å². The Morgan fingerprint density at radius 1 is 1.44 bits per heavy atom. The summed E-state index contributed by atoms with van der Waals surface area (Å²) in [4.78, 5) is 18.7. The Kier molecular flexibility index (Phi) is 4.93. The molecule has 0 saturated carbocycles. The molecule has 0 aliphatic carbocycles. The van der Waals surface area contributed by atoms with Crippen molar-refractivity contribution in [2.75, 3.05) is 18.5 Å². The lowest BCUT2D eigenvalue weighted by Gasteiger charge is -2.14. The van der Waals surface area contributed by atoms with Gasteiger partial charge in [-0.1, -0.05) is 31.1 Å². The Labute approximate surface area is 101 Å². The number of carbonyl (C=O) groups excluding carboxylic acids is 1. The van der Waals surface area contributed by atoms with E-state index in [0.717, 1.165) is 22.2 Å². The summed E-state index contributed by atoms with van der Waals surface area (Å²) in [7, 11) is 2.04. The summed E-state index contributed by atoms with van der Waals surface area (Å²) in [5.74, 6) is 0.114. The fraction of sp³-hybridized carbons (Fsp3) is 0.667. The lowest BCUT2D eigenvalue weighted by molar-refractivity contribution is 0.102. The number of hydrogen-bond acceptors (Lipinski definition) is 4. The highest BCUT2D eigenvalue weighted by atomic mass is 32.1. The van der Waals surface area contributed by atoms with Crippen molar-refractivity contribution in [3.05, 3.63) is 10.6 Å². The van der Waals surface area contributed by atoms with Gasteiger partial charge in [0, 0.05) is 20.5 Å². The highest BCUT2D eigenvalue weighted by Crippen LogP contribution is 2.25. The zero-order valence-corrected chi connectivity index (χ0v) is 11.4. The Bertz CT molecular complexity index is 360. The molecular weight excluding hydrogens is 220 g/mol. The SMILES string of the molecule is CCCCCN(C)c1nc(C)c(C(C)=O)s1. The van der Waals surface area contributed by atoms with Crippen LogP contribution in [-0.4, -0.2) is 24.4 Å². The standard InChI is InChI=1S/C12H20N2OS/c1-5-6-7-8-14(4)12-13-9(2)11(16-12)10(3)15/h5-8H2,1-4H3. The first-order valence-corrected chi connectivity index (χ1v) is 6.57. The van der Waals surface area contributed by atoms with Gasteiger partial charge in [-0.2, -0.15) is 0 Å². The second-order valence-electron chi connectivity index (χ2n) is 4.10. The molecule has 3 nitrogen and oxygen atoms in total. The molecule has 0 aliphatic heterocycles. The van der Waals surface area contributed by atoms with Crippen LogP contribution in [0.15, 0.2) is 0 Å². The molecule has 0 amide bonds. The van der Waals surface area contributed by atoms with Crippen LogP contribution in [-0.2, 0) is 0 Å². The van der Waals surface area contributed by atoms with Crippen molar-refractivity contribution in [3.63, 3.8) is 0 Å². The van der Waals surface area contributed by atoms with E-state index < -0.39 is 0 Å². The van der Waals surface area contributed by atoms with Crippen molar-refractivity contribution in [2.24, 2.45) is 0 Å². The summed E-state index contributed by atoms with van der Waals surface area (Å²) < 4.78 is 0. The van der Waals surface area contributed by atoms with Gasteiger partial charge in [0.1, 0.15) is 0 Å². The third kappa shape index (κ3) is 3.30. The van der Waals surface area contributed by atoms with Gasteiger partial charge < -0.3 is 4.90 Å². The molecule has 90 valence electrons. The number of carbonyl (C=O) groups is 1. The molecule has 0 atom stereocenters. The molecule has 0 aromatic carbocycles. The highest BCUT2D eigenvalue weighted by molar-refractivity contribution is 7.17. The van der Waals surface area contributed by atoms with Crippen LogP contribution in [0.5, 0.6) is 0 Å². The normalized spacial score (nSPS) is 10.5. The van der Waals surface area contributed by atoms with Crippen LogP contribution < -0.4 is 4.90 Å². The van der Waals surface area contributed by atoms with Gasteiger partial charge in [-0.3, -0.25) is 4.79 Å². The Morgan fingerprint density at radius 2 is 2.12 bits per heavy atom. The van der Waals surface area contributed by atoms with Crippen LogP contribution in [0.4, 0.5) is 5.13 Å². The van der Waals surface area contributed by atoms with E-state index in [2.05, 4.69) is 16.8 Å². The summed E-state index contributed by atoms with van der Waals surface area (Å²) in [5.41, 5.74) is 0.856. The topological polar surface area (TPSA) is 33.2 Å². The second-order valence-corrected chi connectivity index (χ2v) is 5.07. The molecule has 0 N–H and O–H groups in total. The summed E-state index contributed by atoms with van der Waals surface area (Å²) >= 11 is 1.50. The molecule has 0 aliphatic rings. The van der Waals surface area contributed by atoms with Gasteiger partial charge >= 0.3 is 0 Å². The summed E-state index contributed by atoms with van der Waals surface area (Å²) in [6, 6.07) is 0. The molecule has 1 aromatic rings. The summed E-state index contributed by atoms with van der Waals surface area (Å²) in [6.07, 6.45) is 3.65. The molecule has 0 radical (unpaired) electrons. The number of hydrogen-bond donors (Lipinski definition) is 0. The minimum Gasteiger partial charge on any atom is -0.351 e. The largest absolute Gasteiger partial charge is 0.351 e. The fourth-order valence-corrected chi connectivity index (χ4v) is 2.52. The van der Waals surface area contributed by atoms with Crippen LogP contribution in [0.25, 0.3) is 0 Å². The summed E-state index contributed by atoms with van der Waals surface area (Å²) in [5, 5.41) is 0.957. The van der Waals surface area contributed by atoms with E-state index in [1.54, 1.807) is 6.92 Å². The van der Waals surface area contributed by atoms with Gasteiger partial charge in [0.2, 0.25) is 0 Å². The van der Waals surface area contributed by atoms with Crippen LogP contribution >= 0.6 is 11.3 Å². The Morgan fingerprint density at radius 3 is 2.62 bits per heavy atom. The van der Waals surface area contributed by atoms with Gasteiger partial charge in [-0.25, -0.2) is 4.98 Å². The first kappa shape index (κ1) is 13.2. The minimum atomic E-state index is 0.114. The van der Waals surface area contributed by atoms with E-state index in [1.807, 2.05) is 14.0 Å². The van der Waals surface area contributed by atoms with E-state index in [4.69, 9.17) is 0 Å². The maximum absolute atomic E-state index is 11.3. The van der Waals surface area contributed by atoms with Crippen molar-refractivity contribution in [2.45, 2.75) is 40.0 Å². The number of anilines is 1. The average molecular weight is 240 g/mol. The third-order valence-electron chi connectivity index (χ3n) is 2.53. The van der Waals surface area contributed by atoms with E-state index >= 15 is 0 Å². The van der Waals surface area contributed by atoms with Gasteiger partial charge in [-0.05, 0) is 13.3 Å². The maximum atomic E-state index is 11.3. The quantitative estimate of drug-likeness (QED) is 0.565. The number of aryl methyl sites for hydroxylation is 1. The number of nitrogens with zero attached hydrogens (tertiary/aromatic N) is 2. The van der Waals surface area contributed by atoms with Crippen LogP contribution in [0.3, 0.4) is 0 Å². The molecule has 0 fully saturated rings. The first-order chi connectivity index (χ1) is 7.56. The zero-order valence-electron chi connectivity index (χ0n) is 10.5. The number of unbranched alkanes of at least 4 members (excludes halogenated alkanes) is 2. The number of ketones is 1. The van der Waals surface area contributed by atoms with E-state index in [1.165, 1.54) is 30.6 Å². The lowest BCUT2D eigenvalue weighted by Crippen LogP contribution is -2.18. The Hall–Kier alpha value is -0.900. The molecular formula is C12H20N2OS. The van der Waals surface area contributed by atoms with Gasteiger partial charge in [0.15, 0.2) is 10.9 Å². The van der Waals surface area contributed by atoms with Gasteiger partial charge in [-0.15, -0.1) is 0 Å². The molecule has 0 spiro atoms. The monoisotopic (exact) mass is 240 g/mol. The van der Waals surface area contributed by atoms with E-state index in [9.17, 15) is 4.79 Å². The fourth-order valence-electron chi connectivity index (χ4n) is 1.57. The smallest absolute Gasteiger partial charge is 0.185 e. The first-order valence-electron chi connectivity index (χ1n) is 5.75.